The molecule has 14 heavy (non-hydrogen) atoms. The lowest BCUT2D eigenvalue weighted by Crippen LogP contribution is -2.55. The minimum absolute atomic E-state index is 0.0771. The average Bonchev–Trinajstić information content (AvgIpc) is 2.08. The normalized spacial score (nSPS) is 24.3. The van der Waals surface area contributed by atoms with Crippen LogP contribution in [0.15, 0.2) is 0 Å². The fourth-order valence-electron chi connectivity index (χ4n) is 1.47. The minimum atomic E-state index is -0.233. The number of nitrogens with two attached hydrogens (primary N) is 2. The molecule has 5 nitrogen and oxygen atoms in total. The van der Waals surface area contributed by atoms with Crippen LogP contribution in [0.3, 0.4) is 0 Å². The van der Waals surface area contributed by atoms with E-state index in [0.717, 1.165) is 19.5 Å². The predicted molar refractivity (Wildman–Crippen MR) is 53.6 cm³/mol. The number of hydrogen-bond acceptors (Lipinski definition) is 4. The molecule has 2 atom stereocenters. The van der Waals surface area contributed by atoms with Gasteiger partial charge in [-0.05, 0) is 13.3 Å². The van der Waals surface area contributed by atoms with Crippen molar-refractivity contribution in [2.75, 3.05) is 26.2 Å². The topological polar surface area (TPSA) is 81.6 Å². The van der Waals surface area contributed by atoms with Crippen molar-refractivity contribution in [2.45, 2.75) is 25.5 Å². The zero-order valence-electron chi connectivity index (χ0n) is 8.61. The Bertz CT molecular complexity index is 198. The minimum Gasteiger partial charge on any atom is -0.376 e. The number of primary amides is 1. The fourth-order valence-corrected chi connectivity index (χ4v) is 1.47. The Hall–Kier alpha value is -0.650. The van der Waals surface area contributed by atoms with Gasteiger partial charge in [0.15, 0.2) is 0 Å². The molecular formula is C9H19N3O2. The van der Waals surface area contributed by atoms with E-state index >= 15 is 0 Å². The molecule has 2 unspecified atom stereocenters. The summed E-state index contributed by atoms with van der Waals surface area (Å²) < 4.78 is 5.41. The molecule has 4 N–H and O–H groups in total. The molecule has 0 spiro atoms. The van der Waals surface area contributed by atoms with Crippen molar-refractivity contribution in [2.24, 2.45) is 11.5 Å². The third-order valence-corrected chi connectivity index (χ3v) is 2.57. The Kier molecular flexibility index (Phi) is 4.31. The quantitative estimate of drug-likeness (QED) is 0.572. The highest BCUT2D eigenvalue weighted by atomic mass is 16.5. The second-order valence-electron chi connectivity index (χ2n) is 3.66. The summed E-state index contributed by atoms with van der Waals surface area (Å²) in [5.74, 6) is -0.233. The largest absolute Gasteiger partial charge is 0.376 e. The predicted octanol–water partition coefficient (Wildman–Crippen LogP) is -1.09. The lowest BCUT2D eigenvalue weighted by Gasteiger charge is -2.38. The molecule has 0 saturated carbocycles. The molecule has 0 radical (unpaired) electrons. The highest BCUT2D eigenvalue weighted by molar-refractivity contribution is 5.80. The van der Waals surface area contributed by atoms with Crippen molar-refractivity contribution >= 4 is 5.91 Å². The van der Waals surface area contributed by atoms with E-state index in [0.29, 0.717) is 13.2 Å². The van der Waals surface area contributed by atoms with Gasteiger partial charge >= 0.3 is 0 Å². The molecule has 1 amide bonds. The molecule has 0 bridgehead atoms. The number of amides is 1. The van der Waals surface area contributed by atoms with E-state index in [1.165, 1.54) is 0 Å². The van der Waals surface area contributed by atoms with Crippen LogP contribution in [0.2, 0.25) is 0 Å². The van der Waals surface area contributed by atoms with Crippen LogP contribution < -0.4 is 11.5 Å². The van der Waals surface area contributed by atoms with Crippen LogP contribution in [0.5, 0.6) is 0 Å². The zero-order chi connectivity index (χ0) is 10.6. The van der Waals surface area contributed by atoms with E-state index in [4.69, 9.17) is 16.2 Å². The lowest BCUT2D eigenvalue weighted by atomic mass is 10.0. The molecule has 0 aromatic rings. The number of hydrogen-bond donors (Lipinski definition) is 2. The number of ether oxygens (including phenoxy) is 1. The van der Waals surface area contributed by atoms with Crippen molar-refractivity contribution in [3.63, 3.8) is 0 Å². The van der Waals surface area contributed by atoms with Crippen molar-refractivity contribution in [3.05, 3.63) is 0 Å². The first-order chi connectivity index (χ1) is 6.65. The van der Waals surface area contributed by atoms with E-state index in [-0.39, 0.29) is 18.1 Å². The SMILES string of the molecule is CC(CN)OCCN1CCC1C(N)=O. The van der Waals surface area contributed by atoms with E-state index < -0.39 is 0 Å². The van der Waals surface area contributed by atoms with Crippen LogP contribution in [-0.2, 0) is 9.53 Å². The molecule has 1 fully saturated rings. The van der Waals surface area contributed by atoms with Crippen LogP contribution in [0, 0.1) is 0 Å². The third-order valence-electron chi connectivity index (χ3n) is 2.57. The fraction of sp³-hybridized carbons (Fsp3) is 0.889. The maximum atomic E-state index is 10.9. The second-order valence-corrected chi connectivity index (χ2v) is 3.66. The van der Waals surface area contributed by atoms with E-state index in [9.17, 15) is 4.79 Å². The van der Waals surface area contributed by atoms with Gasteiger partial charge in [0.05, 0.1) is 18.8 Å². The lowest BCUT2D eigenvalue weighted by molar-refractivity contribution is -0.128. The van der Waals surface area contributed by atoms with Gasteiger partial charge in [0.25, 0.3) is 0 Å². The van der Waals surface area contributed by atoms with Crippen molar-refractivity contribution in [1.82, 2.24) is 4.90 Å². The first-order valence-corrected chi connectivity index (χ1v) is 5.00. The van der Waals surface area contributed by atoms with Gasteiger partial charge in [0.2, 0.25) is 5.91 Å². The van der Waals surface area contributed by atoms with Gasteiger partial charge in [-0.1, -0.05) is 0 Å². The summed E-state index contributed by atoms with van der Waals surface area (Å²) in [6.45, 7) is 4.77. The molecule has 0 aromatic heterocycles. The Morgan fingerprint density at radius 2 is 2.43 bits per heavy atom. The smallest absolute Gasteiger partial charge is 0.234 e. The van der Waals surface area contributed by atoms with E-state index in [2.05, 4.69) is 0 Å². The molecule has 1 saturated heterocycles. The van der Waals surface area contributed by atoms with Gasteiger partial charge in [-0.25, -0.2) is 0 Å². The number of rotatable bonds is 6. The molecule has 1 aliphatic heterocycles. The standard InChI is InChI=1S/C9H19N3O2/c1-7(6-10)14-5-4-12-3-2-8(12)9(11)13/h7-8H,2-6,10H2,1H3,(H2,11,13). The Morgan fingerprint density at radius 3 is 2.86 bits per heavy atom. The van der Waals surface area contributed by atoms with Crippen LogP contribution >= 0.6 is 0 Å². The van der Waals surface area contributed by atoms with Crippen molar-refractivity contribution < 1.29 is 9.53 Å². The molecule has 1 heterocycles. The van der Waals surface area contributed by atoms with E-state index in [1.807, 2.05) is 11.8 Å². The summed E-state index contributed by atoms with van der Waals surface area (Å²) in [7, 11) is 0. The molecular weight excluding hydrogens is 182 g/mol. The first-order valence-electron chi connectivity index (χ1n) is 5.00. The molecule has 5 heteroatoms. The van der Waals surface area contributed by atoms with Gasteiger partial charge in [0, 0.05) is 19.6 Å². The Morgan fingerprint density at radius 1 is 1.71 bits per heavy atom. The Labute approximate surface area is 84.4 Å². The van der Waals surface area contributed by atoms with Gasteiger partial charge < -0.3 is 16.2 Å². The maximum Gasteiger partial charge on any atom is 0.234 e. The number of likely N-dealkylation sites (tertiary alicyclic amines) is 1. The van der Waals surface area contributed by atoms with Gasteiger partial charge in [0.1, 0.15) is 0 Å². The molecule has 1 aliphatic rings. The molecule has 0 aliphatic carbocycles. The van der Waals surface area contributed by atoms with Crippen molar-refractivity contribution in [1.29, 1.82) is 0 Å². The van der Waals surface area contributed by atoms with Crippen LogP contribution in [0.25, 0.3) is 0 Å². The summed E-state index contributed by atoms with van der Waals surface area (Å²) in [6.07, 6.45) is 0.963. The summed E-state index contributed by atoms with van der Waals surface area (Å²) in [6, 6.07) is -0.0771. The van der Waals surface area contributed by atoms with E-state index in [1.54, 1.807) is 0 Å². The summed E-state index contributed by atoms with van der Waals surface area (Å²) in [5, 5.41) is 0. The van der Waals surface area contributed by atoms with Gasteiger partial charge in [-0.3, -0.25) is 9.69 Å². The van der Waals surface area contributed by atoms with Crippen LogP contribution in [0.1, 0.15) is 13.3 Å². The second kappa shape index (κ2) is 5.29. The average molecular weight is 201 g/mol. The summed E-state index contributed by atoms with van der Waals surface area (Å²) >= 11 is 0. The Balaban J connectivity index is 2.10. The molecule has 1 rings (SSSR count). The number of nitrogens with zero attached hydrogens (tertiary/aromatic N) is 1. The zero-order valence-corrected chi connectivity index (χ0v) is 8.61. The van der Waals surface area contributed by atoms with Gasteiger partial charge in [-0.2, -0.15) is 0 Å². The first kappa shape index (κ1) is 11.4. The number of carbonyl (C=O) groups excluding carboxylic acids is 1. The van der Waals surface area contributed by atoms with Crippen LogP contribution in [-0.4, -0.2) is 49.2 Å². The molecule has 0 aromatic carbocycles. The number of carbonyl (C=O) groups is 1. The highest BCUT2D eigenvalue weighted by Gasteiger charge is 2.31. The summed E-state index contributed by atoms with van der Waals surface area (Å²) in [5.41, 5.74) is 10.6. The maximum absolute atomic E-state index is 10.9. The van der Waals surface area contributed by atoms with Crippen LogP contribution in [0.4, 0.5) is 0 Å². The monoisotopic (exact) mass is 201 g/mol. The van der Waals surface area contributed by atoms with Crippen molar-refractivity contribution in [3.8, 4) is 0 Å². The van der Waals surface area contributed by atoms with Gasteiger partial charge in [-0.15, -0.1) is 0 Å². The summed E-state index contributed by atoms with van der Waals surface area (Å²) in [4.78, 5) is 12.9. The third kappa shape index (κ3) is 2.94. The molecule has 82 valence electrons. The highest BCUT2D eigenvalue weighted by Crippen LogP contribution is 2.15.